The van der Waals surface area contributed by atoms with Gasteiger partial charge in [0.2, 0.25) is 5.91 Å². The van der Waals surface area contributed by atoms with Gasteiger partial charge in [-0.15, -0.1) is 0 Å². The quantitative estimate of drug-likeness (QED) is 0.669. The number of rotatable bonds is 7. The molecule has 8 heteroatoms. The van der Waals surface area contributed by atoms with Crippen molar-refractivity contribution in [2.75, 3.05) is 33.4 Å². The summed E-state index contributed by atoms with van der Waals surface area (Å²) in [5, 5.41) is 11.7. The molecule has 0 aromatic heterocycles. The predicted molar refractivity (Wildman–Crippen MR) is 121 cm³/mol. The highest BCUT2D eigenvalue weighted by molar-refractivity contribution is 5.85. The molecule has 2 N–H and O–H groups in total. The first-order valence-corrected chi connectivity index (χ1v) is 11.0. The van der Waals surface area contributed by atoms with Crippen molar-refractivity contribution in [1.29, 1.82) is 0 Å². The third kappa shape index (κ3) is 4.43. The number of ether oxygens (including phenoxy) is 2. The molecule has 4 rings (SSSR count). The Balaban J connectivity index is 1.40. The lowest BCUT2D eigenvalue weighted by atomic mass is 9.83. The number of carbonyl (C=O) groups is 3. The van der Waals surface area contributed by atoms with E-state index in [9.17, 15) is 14.4 Å². The van der Waals surface area contributed by atoms with Crippen LogP contribution in [0, 0.1) is 5.41 Å². The Morgan fingerprint density at radius 3 is 2.33 bits per heavy atom. The number of aliphatic carboxylic acids is 1. The zero-order valence-corrected chi connectivity index (χ0v) is 18.7. The Bertz CT molecular complexity index is 1020. The highest BCUT2D eigenvalue weighted by Gasteiger charge is 2.48. The molecule has 0 saturated carbocycles. The van der Waals surface area contributed by atoms with Crippen LogP contribution in [0.5, 0.6) is 0 Å². The first-order valence-electron chi connectivity index (χ1n) is 11.0. The predicted octanol–water partition coefficient (Wildman–Crippen LogP) is 2.86. The lowest BCUT2D eigenvalue weighted by molar-refractivity contribution is -0.142. The number of carbonyl (C=O) groups excluding carboxylic acids is 2. The number of alkyl carbamates (subject to hydrolysis) is 1. The summed E-state index contributed by atoms with van der Waals surface area (Å²) in [6.07, 6.45) is -0.761. The van der Waals surface area contributed by atoms with Crippen LogP contribution in [-0.4, -0.2) is 67.4 Å². The van der Waals surface area contributed by atoms with E-state index in [2.05, 4.69) is 29.6 Å². The van der Waals surface area contributed by atoms with Crippen molar-refractivity contribution in [3.63, 3.8) is 0 Å². The van der Waals surface area contributed by atoms with E-state index in [1.807, 2.05) is 24.3 Å². The summed E-state index contributed by atoms with van der Waals surface area (Å²) >= 11 is 0. The van der Waals surface area contributed by atoms with Gasteiger partial charge in [-0.25, -0.2) is 4.79 Å². The minimum absolute atomic E-state index is 0.0573. The number of benzene rings is 2. The fourth-order valence-electron chi connectivity index (χ4n) is 4.67. The fourth-order valence-corrected chi connectivity index (χ4v) is 4.67. The molecule has 2 aromatic carbocycles. The second-order valence-electron chi connectivity index (χ2n) is 8.83. The van der Waals surface area contributed by atoms with Gasteiger partial charge in [-0.2, -0.15) is 0 Å². The van der Waals surface area contributed by atoms with E-state index in [-0.39, 0.29) is 44.6 Å². The first-order chi connectivity index (χ1) is 15.8. The molecule has 8 nitrogen and oxygen atoms in total. The third-order valence-corrected chi connectivity index (χ3v) is 6.59. The Hall–Kier alpha value is -3.39. The molecule has 0 spiro atoms. The van der Waals surface area contributed by atoms with Crippen LogP contribution in [-0.2, 0) is 19.1 Å². The zero-order valence-electron chi connectivity index (χ0n) is 18.7. The molecule has 0 radical (unpaired) electrons. The van der Waals surface area contributed by atoms with Crippen molar-refractivity contribution in [2.24, 2.45) is 5.41 Å². The number of fused-ring (bicyclic) bond motifs is 3. The van der Waals surface area contributed by atoms with Crippen LogP contribution in [0.1, 0.15) is 30.4 Å². The van der Waals surface area contributed by atoms with E-state index >= 15 is 0 Å². The zero-order chi connectivity index (χ0) is 23.6. The molecule has 2 unspecified atom stereocenters. The molecule has 2 amide bonds. The highest BCUT2D eigenvalue weighted by atomic mass is 16.5. The molecule has 1 aliphatic carbocycles. The number of amides is 2. The maximum atomic E-state index is 13.0. The molecule has 2 aliphatic rings. The van der Waals surface area contributed by atoms with Crippen LogP contribution in [0.25, 0.3) is 11.1 Å². The number of hydrogen-bond acceptors (Lipinski definition) is 5. The molecule has 1 heterocycles. The molecule has 174 valence electrons. The van der Waals surface area contributed by atoms with E-state index in [1.54, 1.807) is 14.0 Å². The van der Waals surface area contributed by atoms with Gasteiger partial charge in [0.15, 0.2) is 0 Å². The number of hydrogen-bond donors (Lipinski definition) is 2. The van der Waals surface area contributed by atoms with Crippen LogP contribution in [0.15, 0.2) is 48.5 Å². The van der Waals surface area contributed by atoms with Gasteiger partial charge >= 0.3 is 12.1 Å². The largest absolute Gasteiger partial charge is 0.481 e. The molecule has 1 saturated heterocycles. The maximum absolute atomic E-state index is 13.0. The summed E-state index contributed by atoms with van der Waals surface area (Å²) in [4.78, 5) is 37.9. The normalized spacial score (nSPS) is 21.2. The van der Waals surface area contributed by atoms with Crippen molar-refractivity contribution in [2.45, 2.75) is 25.3 Å². The number of carboxylic acid groups (broad SMARTS) is 1. The van der Waals surface area contributed by atoms with Crippen molar-refractivity contribution in [3.05, 3.63) is 59.7 Å². The molecule has 0 bridgehead atoms. The van der Waals surface area contributed by atoms with E-state index in [0.29, 0.717) is 0 Å². The summed E-state index contributed by atoms with van der Waals surface area (Å²) in [6.45, 7) is 2.29. The molecule has 1 fully saturated rings. The van der Waals surface area contributed by atoms with Gasteiger partial charge in [0.25, 0.3) is 0 Å². The molecule has 1 aliphatic heterocycles. The SMILES string of the molecule is CN(CCC(=O)O)C(=O)C1(C)COCC1NC(=O)OCC1c2ccccc2-c2ccccc21. The molecule has 2 atom stereocenters. The Morgan fingerprint density at radius 1 is 1.12 bits per heavy atom. The Morgan fingerprint density at radius 2 is 1.73 bits per heavy atom. The Labute approximate surface area is 192 Å². The number of carboxylic acids is 1. The third-order valence-electron chi connectivity index (χ3n) is 6.59. The van der Waals surface area contributed by atoms with E-state index in [1.165, 1.54) is 4.90 Å². The summed E-state index contributed by atoms with van der Waals surface area (Å²) in [5.41, 5.74) is 3.54. The summed E-state index contributed by atoms with van der Waals surface area (Å²) in [6, 6.07) is 15.6. The minimum Gasteiger partial charge on any atom is -0.481 e. The van der Waals surface area contributed by atoms with Gasteiger partial charge in [0.1, 0.15) is 6.61 Å². The van der Waals surface area contributed by atoms with Crippen LogP contribution in [0.3, 0.4) is 0 Å². The Kier molecular flexibility index (Phi) is 6.37. The average molecular weight is 453 g/mol. The molecule has 33 heavy (non-hydrogen) atoms. The van der Waals surface area contributed by atoms with E-state index in [4.69, 9.17) is 14.6 Å². The van der Waals surface area contributed by atoms with Crippen LogP contribution in [0.2, 0.25) is 0 Å². The smallest absolute Gasteiger partial charge is 0.407 e. The standard InChI is InChI=1S/C25H28N2O6/c1-25(23(30)27(2)12-11-22(28)29)15-32-14-21(25)26-24(31)33-13-20-18-9-5-3-7-16(18)17-8-4-6-10-19(17)20/h3-10,20-21H,11-15H2,1-2H3,(H,26,31)(H,28,29). The van der Waals surface area contributed by atoms with Gasteiger partial charge < -0.3 is 24.8 Å². The van der Waals surface area contributed by atoms with Crippen molar-refractivity contribution in [1.82, 2.24) is 10.2 Å². The molecular formula is C25H28N2O6. The summed E-state index contributed by atoms with van der Waals surface area (Å²) in [7, 11) is 1.55. The van der Waals surface area contributed by atoms with Gasteiger partial charge in [-0.05, 0) is 29.2 Å². The molecular weight excluding hydrogens is 424 g/mol. The minimum atomic E-state index is -1.00. The summed E-state index contributed by atoms with van der Waals surface area (Å²) < 4.78 is 11.1. The highest BCUT2D eigenvalue weighted by Crippen LogP contribution is 2.44. The van der Waals surface area contributed by atoms with Crippen LogP contribution >= 0.6 is 0 Å². The van der Waals surface area contributed by atoms with E-state index in [0.717, 1.165) is 22.3 Å². The lowest BCUT2D eigenvalue weighted by Crippen LogP contribution is -2.54. The van der Waals surface area contributed by atoms with Gasteiger partial charge in [-0.1, -0.05) is 48.5 Å². The van der Waals surface area contributed by atoms with E-state index < -0.39 is 23.5 Å². The van der Waals surface area contributed by atoms with Gasteiger partial charge in [0.05, 0.1) is 31.1 Å². The van der Waals surface area contributed by atoms with Crippen molar-refractivity contribution in [3.8, 4) is 11.1 Å². The average Bonchev–Trinajstić information content (AvgIpc) is 3.34. The topological polar surface area (TPSA) is 105 Å². The van der Waals surface area contributed by atoms with Gasteiger partial charge in [-0.3, -0.25) is 9.59 Å². The van der Waals surface area contributed by atoms with Crippen LogP contribution < -0.4 is 5.32 Å². The van der Waals surface area contributed by atoms with Gasteiger partial charge in [0, 0.05) is 19.5 Å². The second-order valence-corrected chi connectivity index (χ2v) is 8.83. The summed E-state index contributed by atoms with van der Waals surface area (Å²) in [5.74, 6) is -1.31. The van der Waals surface area contributed by atoms with Crippen molar-refractivity contribution >= 4 is 18.0 Å². The van der Waals surface area contributed by atoms with Crippen LogP contribution in [0.4, 0.5) is 4.79 Å². The monoisotopic (exact) mass is 452 g/mol. The molecule has 2 aromatic rings. The van der Waals surface area contributed by atoms with Crippen molar-refractivity contribution < 1.29 is 29.0 Å². The number of nitrogens with zero attached hydrogens (tertiary/aromatic N) is 1. The second kappa shape index (κ2) is 9.23. The number of nitrogens with one attached hydrogen (secondary N) is 1. The maximum Gasteiger partial charge on any atom is 0.407 e. The lowest BCUT2D eigenvalue weighted by Gasteiger charge is -2.32. The fraction of sp³-hybridized carbons (Fsp3) is 0.400. The first kappa shape index (κ1) is 22.8.